The molecule has 2 amide bonds. The number of methoxy groups -OCH3 is 1. The molecule has 3 aromatic rings. The quantitative estimate of drug-likeness (QED) is 0.217. The van der Waals surface area contributed by atoms with Gasteiger partial charge in [-0.3, -0.25) is 19.2 Å². The van der Waals surface area contributed by atoms with Crippen molar-refractivity contribution in [2.75, 3.05) is 12.9 Å². The van der Waals surface area contributed by atoms with Crippen LogP contribution in [0.3, 0.4) is 0 Å². The van der Waals surface area contributed by atoms with Crippen LogP contribution in [0, 0.1) is 18.7 Å². The highest BCUT2D eigenvalue weighted by molar-refractivity contribution is 7.99. The van der Waals surface area contributed by atoms with Crippen LogP contribution in [0.2, 0.25) is 0 Å². The van der Waals surface area contributed by atoms with Crippen LogP contribution in [-0.4, -0.2) is 63.8 Å². The Morgan fingerprint density at radius 3 is 2.44 bits per heavy atom. The van der Waals surface area contributed by atoms with Gasteiger partial charge in [-0.1, -0.05) is 37.6 Å². The molecule has 2 aromatic carbocycles. The highest BCUT2D eigenvalue weighted by atomic mass is 32.2. The first-order valence-corrected chi connectivity index (χ1v) is 14.8. The number of hydrogen-bond acceptors (Lipinski definition) is 9. The summed E-state index contributed by atoms with van der Waals surface area (Å²) in [6.07, 6.45) is -0.220. The fourth-order valence-electron chi connectivity index (χ4n) is 4.20. The average Bonchev–Trinajstić information content (AvgIpc) is 3.41. The van der Waals surface area contributed by atoms with E-state index in [1.54, 1.807) is 44.2 Å². The van der Waals surface area contributed by atoms with Gasteiger partial charge in [-0.25, -0.2) is 4.39 Å². The molecule has 0 saturated carbocycles. The number of halogens is 1. The lowest BCUT2D eigenvalue weighted by molar-refractivity contribution is -0.140. The van der Waals surface area contributed by atoms with Gasteiger partial charge in [0.2, 0.25) is 11.8 Å². The number of aromatic nitrogens is 2. The molecule has 0 saturated heterocycles. The van der Waals surface area contributed by atoms with Crippen LogP contribution in [0.25, 0.3) is 11.5 Å². The zero-order chi connectivity index (χ0) is 31.5. The number of rotatable bonds is 16. The van der Waals surface area contributed by atoms with E-state index in [0.717, 1.165) is 5.56 Å². The standard InChI is InChI=1S/C30H35FN4O7S/c1-5-17(2)28(34-26(37)13-21-12-20(8-11-25(21)41-4)30-32-18(3)35-42-30)29(40)33-23(14-27(38)39)24(36)16-43-15-19-6-9-22(31)10-7-19/h6-12,17,23,28H,5,13-16H2,1-4H3,(H,33,40)(H,34,37)(H,38,39)/t17?,23-,28-/m0/s1. The van der Waals surface area contributed by atoms with E-state index in [1.807, 2.05) is 6.92 Å². The molecule has 0 aliphatic heterocycles. The summed E-state index contributed by atoms with van der Waals surface area (Å²) >= 11 is 1.23. The number of thioether (sulfide) groups is 1. The molecule has 0 radical (unpaired) electrons. The molecule has 1 aromatic heterocycles. The van der Waals surface area contributed by atoms with Crippen LogP contribution in [-0.2, 0) is 31.4 Å². The minimum absolute atomic E-state index is 0.0638. The Bertz CT molecular complexity index is 1430. The predicted molar refractivity (Wildman–Crippen MR) is 158 cm³/mol. The SMILES string of the molecule is CCC(C)[C@H](NC(=O)Cc1cc(-c2nc(C)no2)ccc1OC)C(=O)N[C@@H](CC(=O)O)C(=O)CSCc1ccc(F)cc1. The highest BCUT2D eigenvalue weighted by Crippen LogP contribution is 2.26. The van der Waals surface area contributed by atoms with Crippen LogP contribution >= 0.6 is 11.8 Å². The minimum atomic E-state index is -1.29. The van der Waals surface area contributed by atoms with E-state index in [-0.39, 0.29) is 29.8 Å². The summed E-state index contributed by atoms with van der Waals surface area (Å²) in [5.74, 6) is -2.04. The molecule has 1 unspecified atom stereocenters. The molecule has 43 heavy (non-hydrogen) atoms. The van der Waals surface area contributed by atoms with Crippen molar-refractivity contribution in [1.82, 2.24) is 20.8 Å². The fourth-order valence-corrected chi connectivity index (χ4v) is 5.13. The molecule has 0 aliphatic carbocycles. The molecule has 230 valence electrons. The number of nitrogens with one attached hydrogen (secondary N) is 2. The van der Waals surface area contributed by atoms with Gasteiger partial charge in [0, 0.05) is 16.9 Å². The van der Waals surface area contributed by atoms with E-state index < -0.39 is 42.1 Å². The van der Waals surface area contributed by atoms with Crippen LogP contribution < -0.4 is 15.4 Å². The van der Waals surface area contributed by atoms with Gasteiger partial charge < -0.3 is 25.0 Å². The number of aliphatic carboxylic acids is 1. The first kappa shape index (κ1) is 33.2. The maximum atomic E-state index is 13.4. The molecular formula is C30H35FN4O7S. The number of hydrogen-bond donors (Lipinski definition) is 3. The van der Waals surface area contributed by atoms with Gasteiger partial charge in [0.15, 0.2) is 11.6 Å². The lowest BCUT2D eigenvalue weighted by Crippen LogP contribution is -2.55. The van der Waals surface area contributed by atoms with Crippen molar-refractivity contribution in [1.29, 1.82) is 0 Å². The van der Waals surface area contributed by atoms with E-state index in [1.165, 1.54) is 31.0 Å². The Labute approximate surface area is 253 Å². The van der Waals surface area contributed by atoms with Crippen LogP contribution in [0.5, 0.6) is 5.75 Å². The number of carbonyl (C=O) groups is 4. The third-order valence-corrected chi connectivity index (χ3v) is 7.75. The van der Waals surface area contributed by atoms with Crippen molar-refractivity contribution in [2.45, 2.75) is 57.9 Å². The number of carbonyl (C=O) groups excluding carboxylic acids is 3. The Hall–Kier alpha value is -4.26. The van der Waals surface area contributed by atoms with Crippen LogP contribution in [0.4, 0.5) is 4.39 Å². The third kappa shape index (κ3) is 9.91. The lowest BCUT2D eigenvalue weighted by Gasteiger charge is -2.26. The van der Waals surface area contributed by atoms with E-state index in [4.69, 9.17) is 9.26 Å². The Kier molecular flexibility index (Phi) is 12.2. The number of amides is 2. The molecule has 0 fully saturated rings. The van der Waals surface area contributed by atoms with E-state index in [0.29, 0.717) is 34.9 Å². The number of ether oxygens (including phenoxy) is 1. The zero-order valence-corrected chi connectivity index (χ0v) is 25.2. The number of nitrogens with zero attached hydrogens (tertiary/aromatic N) is 2. The second-order valence-corrected chi connectivity index (χ2v) is 11.0. The molecule has 0 spiro atoms. The maximum absolute atomic E-state index is 13.4. The van der Waals surface area contributed by atoms with Crippen LogP contribution in [0.15, 0.2) is 47.0 Å². The van der Waals surface area contributed by atoms with Crippen molar-refractivity contribution in [3.8, 4) is 17.2 Å². The second kappa shape index (κ2) is 15.8. The first-order valence-electron chi connectivity index (χ1n) is 13.6. The highest BCUT2D eigenvalue weighted by Gasteiger charge is 2.31. The molecule has 0 bridgehead atoms. The van der Waals surface area contributed by atoms with E-state index in [9.17, 15) is 28.7 Å². The summed E-state index contributed by atoms with van der Waals surface area (Å²) in [5, 5.41) is 18.5. The summed E-state index contributed by atoms with van der Waals surface area (Å²) in [6.45, 7) is 5.31. The first-order chi connectivity index (χ1) is 20.5. The molecule has 11 nitrogen and oxygen atoms in total. The van der Waals surface area contributed by atoms with Gasteiger partial charge in [0.1, 0.15) is 17.6 Å². The average molecular weight is 615 g/mol. The van der Waals surface area contributed by atoms with Gasteiger partial charge in [0.25, 0.3) is 5.89 Å². The van der Waals surface area contributed by atoms with Gasteiger partial charge in [0.05, 0.1) is 31.7 Å². The number of aryl methyl sites for hydroxylation is 1. The van der Waals surface area contributed by atoms with Crippen molar-refractivity contribution >= 4 is 35.3 Å². The summed E-state index contributed by atoms with van der Waals surface area (Å²) in [5.41, 5.74) is 1.91. The van der Waals surface area contributed by atoms with Gasteiger partial charge >= 0.3 is 5.97 Å². The molecule has 3 rings (SSSR count). The molecule has 3 atom stereocenters. The van der Waals surface area contributed by atoms with Gasteiger partial charge in [-0.2, -0.15) is 4.98 Å². The molecule has 13 heteroatoms. The maximum Gasteiger partial charge on any atom is 0.305 e. The normalized spacial score (nSPS) is 13.0. The molecule has 1 heterocycles. The number of carboxylic acid groups (broad SMARTS) is 1. The molecule has 3 N–H and O–H groups in total. The minimum Gasteiger partial charge on any atom is -0.496 e. The Balaban J connectivity index is 1.69. The van der Waals surface area contributed by atoms with Crippen LogP contribution in [0.1, 0.15) is 43.6 Å². The second-order valence-electron chi connectivity index (χ2n) is 10.0. The summed E-state index contributed by atoms with van der Waals surface area (Å²) < 4.78 is 23.8. The third-order valence-electron chi connectivity index (χ3n) is 6.73. The predicted octanol–water partition coefficient (Wildman–Crippen LogP) is 3.73. The Morgan fingerprint density at radius 1 is 1.12 bits per heavy atom. The summed E-state index contributed by atoms with van der Waals surface area (Å²) in [6, 6.07) is 8.60. The molecular weight excluding hydrogens is 579 g/mol. The largest absolute Gasteiger partial charge is 0.496 e. The summed E-state index contributed by atoms with van der Waals surface area (Å²) in [7, 11) is 1.47. The van der Waals surface area contributed by atoms with Gasteiger partial charge in [-0.15, -0.1) is 11.8 Å². The summed E-state index contributed by atoms with van der Waals surface area (Å²) in [4.78, 5) is 55.2. The number of ketones is 1. The monoisotopic (exact) mass is 614 g/mol. The fraction of sp³-hybridized carbons (Fsp3) is 0.400. The number of carboxylic acids is 1. The van der Waals surface area contributed by atoms with Crippen molar-refractivity contribution < 1.29 is 37.9 Å². The van der Waals surface area contributed by atoms with E-state index in [2.05, 4.69) is 20.8 Å². The Morgan fingerprint density at radius 2 is 1.84 bits per heavy atom. The number of Topliss-reactive ketones (excluding diaryl/α,β-unsaturated/α-hetero) is 1. The van der Waals surface area contributed by atoms with Gasteiger partial charge in [-0.05, 0) is 48.7 Å². The zero-order valence-electron chi connectivity index (χ0n) is 24.4. The topological polar surface area (TPSA) is 161 Å². The smallest absolute Gasteiger partial charge is 0.305 e. The van der Waals surface area contributed by atoms with E-state index >= 15 is 0 Å². The lowest BCUT2D eigenvalue weighted by atomic mass is 9.97. The molecule has 0 aliphatic rings. The van der Waals surface area contributed by atoms with Crippen molar-refractivity contribution in [2.24, 2.45) is 5.92 Å². The van der Waals surface area contributed by atoms with Crippen molar-refractivity contribution in [3.63, 3.8) is 0 Å². The van der Waals surface area contributed by atoms with Crippen molar-refractivity contribution in [3.05, 3.63) is 65.2 Å². The number of benzene rings is 2.